The van der Waals surface area contributed by atoms with Crippen LogP contribution in [0.4, 0.5) is 0 Å². The number of carboxylic acid groups (broad SMARTS) is 1. The van der Waals surface area contributed by atoms with Crippen LogP contribution >= 0.6 is 0 Å². The molecule has 1 saturated carbocycles. The van der Waals surface area contributed by atoms with Crippen LogP contribution in [0.1, 0.15) is 26.2 Å². The Morgan fingerprint density at radius 3 is 2.83 bits per heavy atom. The van der Waals surface area contributed by atoms with Gasteiger partial charge in [0.25, 0.3) is 0 Å². The minimum absolute atomic E-state index is 0.276. The summed E-state index contributed by atoms with van der Waals surface area (Å²) in [5.41, 5.74) is 0.373. The average Bonchev–Trinajstić information content (AvgIpc) is 2.50. The molecule has 0 bridgehead atoms. The van der Waals surface area contributed by atoms with Crippen LogP contribution in [0.25, 0.3) is 0 Å². The number of nitrogens with one attached hydrogen (secondary N) is 1. The molecule has 0 unspecified atom stereocenters. The van der Waals surface area contributed by atoms with Crippen LogP contribution in [0.5, 0.6) is 0 Å². The second kappa shape index (κ2) is 2.46. The molecule has 2 fully saturated rings. The lowest BCUT2D eigenvalue weighted by Crippen LogP contribution is -2.29. The number of hydrogen-bond donors (Lipinski definition) is 2. The summed E-state index contributed by atoms with van der Waals surface area (Å²) in [6.45, 7) is 3.11. The maximum atomic E-state index is 10.6. The number of aliphatic carboxylic acids is 1. The molecule has 1 aliphatic heterocycles. The summed E-state index contributed by atoms with van der Waals surface area (Å²) < 4.78 is 0. The van der Waals surface area contributed by atoms with Gasteiger partial charge < -0.3 is 10.4 Å². The molecule has 1 spiro atoms. The molecule has 3 heteroatoms. The largest absolute Gasteiger partial charge is 0.480 e. The van der Waals surface area contributed by atoms with Gasteiger partial charge in [0.05, 0.1) is 0 Å². The maximum Gasteiger partial charge on any atom is 0.320 e. The molecule has 3 nitrogen and oxygen atoms in total. The van der Waals surface area contributed by atoms with E-state index in [-0.39, 0.29) is 6.04 Å². The third-order valence-corrected chi connectivity index (χ3v) is 3.46. The fourth-order valence-electron chi connectivity index (χ4n) is 2.53. The minimum atomic E-state index is -0.686. The molecule has 1 heterocycles. The first-order valence-electron chi connectivity index (χ1n) is 4.64. The lowest BCUT2D eigenvalue weighted by Gasteiger charge is -2.04. The third kappa shape index (κ3) is 1.04. The summed E-state index contributed by atoms with van der Waals surface area (Å²) >= 11 is 0. The highest BCUT2D eigenvalue weighted by atomic mass is 16.4. The van der Waals surface area contributed by atoms with Crippen molar-refractivity contribution in [3.8, 4) is 0 Å². The molecule has 68 valence electrons. The van der Waals surface area contributed by atoms with Crippen LogP contribution < -0.4 is 5.32 Å². The molecular weight excluding hydrogens is 154 g/mol. The van der Waals surface area contributed by atoms with Crippen molar-refractivity contribution in [2.24, 2.45) is 11.3 Å². The number of hydrogen-bond acceptors (Lipinski definition) is 2. The molecule has 0 aromatic heterocycles. The van der Waals surface area contributed by atoms with Gasteiger partial charge in [-0.1, -0.05) is 13.3 Å². The summed E-state index contributed by atoms with van der Waals surface area (Å²) in [5.74, 6) is 0.1000. The normalized spacial score (nSPS) is 45.1. The van der Waals surface area contributed by atoms with Gasteiger partial charge in [-0.3, -0.25) is 4.79 Å². The second-order valence-corrected chi connectivity index (χ2v) is 4.15. The van der Waals surface area contributed by atoms with Crippen molar-refractivity contribution < 1.29 is 9.90 Å². The van der Waals surface area contributed by atoms with E-state index in [4.69, 9.17) is 5.11 Å². The van der Waals surface area contributed by atoms with Gasteiger partial charge in [0.1, 0.15) is 6.04 Å². The average molecular weight is 169 g/mol. The van der Waals surface area contributed by atoms with Gasteiger partial charge in [-0.15, -0.1) is 0 Å². The topological polar surface area (TPSA) is 49.3 Å². The van der Waals surface area contributed by atoms with Gasteiger partial charge in [0, 0.05) is 6.54 Å². The third-order valence-electron chi connectivity index (χ3n) is 3.46. The Morgan fingerprint density at radius 2 is 2.42 bits per heavy atom. The van der Waals surface area contributed by atoms with Crippen LogP contribution in [0.3, 0.4) is 0 Å². The molecule has 2 N–H and O–H groups in total. The number of carboxylic acids is 1. The van der Waals surface area contributed by atoms with Crippen molar-refractivity contribution in [3.05, 3.63) is 0 Å². The zero-order valence-electron chi connectivity index (χ0n) is 7.34. The quantitative estimate of drug-likeness (QED) is 0.644. The van der Waals surface area contributed by atoms with Gasteiger partial charge >= 0.3 is 5.97 Å². The zero-order valence-corrected chi connectivity index (χ0v) is 7.34. The van der Waals surface area contributed by atoms with E-state index in [0.717, 1.165) is 18.9 Å². The van der Waals surface area contributed by atoms with Crippen LogP contribution in [0.2, 0.25) is 0 Å². The molecule has 1 aliphatic carbocycles. The highest BCUT2D eigenvalue weighted by molar-refractivity contribution is 5.74. The molecule has 0 aromatic rings. The molecular formula is C9H15NO2. The Hall–Kier alpha value is -0.570. The van der Waals surface area contributed by atoms with Crippen molar-refractivity contribution in [1.82, 2.24) is 5.32 Å². The van der Waals surface area contributed by atoms with Gasteiger partial charge in [-0.2, -0.15) is 0 Å². The lowest BCUT2D eigenvalue weighted by atomic mass is 9.99. The number of carbonyl (C=O) groups is 1. The smallest absolute Gasteiger partial charge is 0.320 e. The van der Waals surface area contributed by atoms with Crippen LogP contribution in [0.15, 0.2) is 0 Å². The molecule has 1 saturated heterocycles. The Labute approximate surface area is 72.2 Å². The SMILES string of the molecule is CC[C@@H]1C[C@@]12CN[C@H](C(=O)O)C2. The van der Waals surface area contributed by atoms with E-state index >= 15 is 0 Å². The first-order valence-corrected chi connectivity index (χ1v) is 4.64. The first-order chi connectivity index (χ1) is 5.68. The highest BCUT2D eigenvalue weighted by Gasteiger charge is 2.57. The van der Waals surface area contributed by atoms with E-state index in [2.05, 4.69) is 12.2 Å². The molecule has 0 amide bonds. The van der Waals surface area contributed by atoms with Crippen molar-refractivity contribution in [2.75, 3.05) is 6.54 Å². The van der Waals surface area contributed by atoms with Crippen molar-refractivity contribution in [2.45, 2.75) is 32.2 Å². The Kier molecular flexibility index (Phi) is 1.65. The van der Waals surface area contributed by atoms with Crippen molar-refractivity contribution in [1.29, 1.82) is 0 Å². The van der Waals surface area contributed by atoms with E-state index in [0.29, 0.717) is 5.41 Å². The van der Waals surface area contributed by atoms with Crippen LogP contribution in [-0.4, -0.2) is 23.7 Å². The summed E-state index contributed by atoms with van der Waals surface area (Å²) in [5, 5.41) is 11.8. The monoisotopic (exact) mass is 169 g/mol. The van der Waals surface area contributed by atoms with Gasteiger partial charge in [0.15, 0.2) is 0 Å². The van der Waals surface area contributed by atoms with E-state index in [1.165, 1.54) is 12.8 Å². The summed E-state index contributed by atoms with van der Waals surface area (Å²) in [7, 11) is 0. The standard InChI is InChI=1S/C9H15NO2/c1-2-6-3-9(6)4-7(8(11)12)10-5-9/h6-7,10H,2-5H2,1H3,(H,11,12)/t6-,7+,9-/m1/s1. The second-order valence-electron chi connectivity index (χ2n) is 4.15. The van der Waals surface area contributed by atoms with Crippen LogP contribution in [-0.2, 0) is 4.79 Å². The van der Waals surface area contributed by atoms with Crippen molar-refractivity contribution >= 4 is 5.97 Å². The summed E-state index contributed by atoms with van der Waals surface area (Å²) in [4.78, 5) is 10.6. The van der Waals surface area contributed by atoms with E-state index < -0.39 is 5.97 Å². The zero-order chi connectivity index (χ0) is 8.77. The molecule has 0 radical (unpaired) electrons. The summed E-state index contributed by atoms with van der Waals surface area (Å²) in [6.07, 6.45) is 3.29. The predicted octanol–water partition coefficient (Wildman–Crippen LogP) is 0.849. The molecule has 2 aliphatic rings. The van der Waals surface area contributed by atoms with E-state index in [1.807, 2.05) is 0 Å². The van der Waals surface area contributed by atoms with E-state index in [1.54, 1.807) is 0 Å². The van der Waals surface area contributed by atoms with Crippen molar-refractivity contribution in [3.63, 3.8) is 0 Å². The van der Waals surface area contributed by atoms with Crippen LogP contribution in [0, 0.1) is 11.3 Å². The Balaban J connectivity index is 1.96. The first kappa shape index (κ1) is 8.05. The molecule has 3 atom stereocenters. The Bertz CT molecular complexity index is 217. The Morgan fingerprint density at radius 1 is 1.67 bits per heavy atom. The molecule has 0 aromatic carbocycles. The minimum Gasteiger partial charge on any atom is -0.480 e. The fraction of sp³-hybridized carbons (Fsp3) is 0.889. The lowest BCUT2D eigenvalue weighted by molar-refractivity contribution is -0.139. The van der Waals surface area contributed by atoms with E-state index in [9.17, 15) is 4.79 Å². The van der Waals surface area contributed by atoms with Gasteiger partial charge in [-0.05, 0) is 24.2 Å². The summed E-state index contributed by atoms with van der Waals surface area (Å²) in [6, 6.07) is -0.276. The molecule has 12 heavy (non-hydrogen) atoms. The van der Waals surface area contributed by atoms with Gasteiger partial charge in [-0.25, -0.2) is 0 Å². The van der Waals surface area contributed by atoms with Gasteiger partial charge in [0.2, 0.25) is 0 Å². The predicted molar refractivity (Wildman–Crippen MR) is 44.9 cm³/mol. The highest BCUT2D eigenvalue weighted by Crippen LogP contribution is 2.59. The number of rotatable bonds is 2. The maximum absolute atomic E-state index is 10.6. The molecule has 2 rings (SSSR count). The fourth-order valence-corrected chi connectivity index (χ4v) is 2.53.